The van der Waals surface area contributed by atoms with E-state index in [4.69, 9.17) is 0 Å². The van der Waals surface area contributed by atoms with Gasteiger partial charge < -0.3 is 9.80 Å². The van der Waals surface area contributed by atoms with Crippen LogP contribution < -0.4 is 0 Å². The van der Waals surface area contributed by atoms with E-state index in [1.165, 1.54) is 27.3 Å². The number of hydrogen-bond acceptors (Lipinski definition) is 4. The van der Waals surface area contributed by atoms with Crippen molar-refractivity contribution in [3.63, 3.8) is 0 Å². The van der Waals surface area contributed by atoms with Crippen molar-refractivity contribution in [3.8, 4) is 0 Å². The molecular formula is C24H26N2O2S2. The maximum atomic E-state index is 13.6. The van der Waals surface area contributed by atoms with Gasteiger partial charge in [-0.2, -0.15) is 0 Å². The molecule has 0 saturated heterocycles. The maximum absolute atomic E-state index is 13.6. The Hall–Kier alpha value is -2.44. The maximum Gasteiger partial charge on any atom is 0.264 e. The van der Waals surface area contributed by atoms with Crippen LogP contribution in [0.15, 0.2) is 53.2 Å². The SMILES string of the molecule is Cc1ccccc1C1c2ccsc2CCN1C(=O)CN(C(=O)c1cccs1)C(C)C. The molecule has 0 fully saturated rings. The second-order valence-corrected chi connectivity index (χ2v) is 9.85. The standard InChI is InChI=1S/C24H26N2O2S2/c1-16(2)26(24(28)21-9-6-13-29-21)15-22(27)25-12-10-20-19(11-14-30-20)23(25)18-8-5-4-7-17(18)3/h4-9,11,13-14,16,23H,10,12,15H2,1-3H3. The topological polar surface area (TPSA) is 40.6 Å². The summed E-state index contributed by atoms with van der Waals surface area (Å²) in [5, 5.41) is 4.01. The van der Waals surface area contributed by atoms with Gasteiger partial charge in [0.05, 0.1) is 10.9 Å². The molecule has 1 aromatic carbocycles. The molecule has 156 valence electrons. The molecule has 2 amide bonds. The Balaban J connectivity index is 1.65. The summed E-state index contributed by atoms with van der Waals surface area (Å²) in [4.78, 5) is 32.2. The van der Waals surface area contributed by atoms with Gasteiger partial charge in [0.2, 0.25) is 5.91 Å². The minimum Gasteiger partial charge on any atom is -0.330 e. The fraction of sp³-hybridized carbons (Fsp3) is 0.333. The Morgan fingerprint density at radius 3 is 2.57 bits per heavy atom. The molecule has 1 atom stereocenters. The van der Waals surface area contributed by atoms with E-state index >= 15 is 0 Å². The normalized spacial score (nSPS) is 15.9. The predicted octanol–water partition coefficient (Wildman–Crippen LogP) is 5.14. The molecule has 0 aliphatic carbocycles. The fourth-order valence-corrected chi connectivity index (χ4v) is 5.66. The Bertz CT molecular complexity index is 1040. The average Bonchev–Trinajstić information content (AvgIpc) is 3.42. The summed E-state index contributed by atoms with van der Waals surface area (Å²) >= 11 is 3.18. The van der Waals surface area contributed by atoms with E-state index < -0.39 is 0 Å². The van der Waals surface area contributed by atoms with E-state index in [-0.39, 0.29) is 30.4 Å². The van der Waals surface area contributed by atoms with Crippen molar-refractivity contribution < 1.29 is 9.59 Å². The monoisotopic (exact) mass is 438 g/mol. The van der Waals surface area contributed by atoms with Gasteiger partial charge in [-0.1, -0.05) is 30.3 Å². The molecule has 4 nitrogen and oxygen atoms in total. The fourth-order valence-electron chi connectivity index (χ4n) is 4.08. The Morgan fingerprint density at radius 2 is 1.87 bits per heavy atom. The lowest BCUT2D eigenvalue weighted by Crippen LogP contribution is -2.48. The summed E-state index contributed by atoms with van der Waals surface area (Å²) < 4.78 is 0. The van der Waals surface area contributed by atoms with Crippen molar-refractivity contribution in [3.05, 3.63) is 79.7 Å². The second-order valence-electron chi connectivity index (χ2n) is 7.90. The number of rotatable bonds is 5. The number of carbonyl (C=O) groups excluding carboxylic acids is 2. The number of hydrogen-bond donors (Lipinski definition) is 0. The summed E-state index contributed by atoms with van der Waals surface area (Å²) in [7, 11) is 0. The minimum absolute atomic E-state index is 0.00120. The molecule has 1 aliphatic heterocycles. The van der Waals surface area contributed by atoms with Gasteiger partial charge in [0, 0.05) is 17.5 Å². The van der Waals surface area contributed by atoms with Gasteiger partial charge in [-0.05, 0) is 66.8 Å². The quantitative estimate of drug-likeness (QED) is 0.553. The molecule has 6 heteroatoms. The lowest BCUT2D eigenvalue weighted by Gasteiger charge is -2.38. The molecule has 0 saturated carbocycles. The zero-order valence-corrected chi connectivity index (χ0v) is 19.1. The van der Waals surface area contributed by atoms with Crippen LogP contribution in [0.25, 0.3) is 0 Å². The lowest BCUT2D eigenvalue weighted by atomic mass is 9.90. The Kier molecular flexibility index (Phi) is 6.06. The first kappa shape index (κ1) is 20.8. The van der Waals surface area contributed by atoms with E-state index in [9.17, 15) is 9.59 Å². The average molecular weight is 439 g/mol. The summed E-state index contributed by atoms with van der Waals surface area (Å²) in [6, 6.07) is 14.0. The van der Waals surface area contributed by atoms with Crippen molar-refractivity contribution in [1.29, 1.82) is 0 Å². The summed E-state index contributed by atoms with van der Waals surface area (Å²) in [5.41, 5.74) is 3.55. The van der Waals surface area contributed by atoms with Gasteiger partial charge in [-0.3, -0.25) is 9.59 Å². The van der Waals surface area contributed by atoms with Gasteiger partial charge in [0.15, 0.2) is 0 Å². The molecular weight excluding hydrogens is 412 g/mol. The van der Waals surface area contributed by atoms with Crippen molar-refractivity contribution in [2.45, 2.75) is 39.3 Å². The van der Waals surface area contributed by atoms with Crippen LogP contribution in [-0.2, 0) is 11.2 Å². The van der Waals surface area contributed by atoms with Crippen LogP contribution >= 0.6 is 22.7 Å². The number of carbonyl (C=O) groups is 2. The zero-order chi connectivity index (χ0) is 21.3. The van der Waals surface area contributed by atoms with Crippen molar-refractivity contribution in [1.82, 2.24) is 9.80 Å². The molecule has 4 rings (SSSR count). The van der Waals surface area contributed by atoms with E-state index in [1.807, 2.05) is 48.4 Å². The number of amides is 2. The van der Waals surface area contributed by atoms with E-state index in [0.717, 1.165) is 12.0 Å². The molecule has 3 heterocycles. The van der Waals surface area contributed by atoms with E-state index in [2.05, 4.69) is 30.5 Å². The highest BCUT2D eigenvalue weighted by molar-refractivity contribution is 7.12. The van der Waals surface area contributed by atoms with Gasteiger partial charge in [0.25, 0.3) is 5.91 Å². The second kappa shape index (κ2) is 8.74. The Labute approximate surface area is 185 Å². The highest BCUT2D eigenvalue weighted by Gasteiger charge is 2.35. The van der Waals surface area contributed by atoms with Crippen LogP contribution in [0.1, 0.15) is 51.1 Å². The Morgan fingerprint density at radius 1 is 1.07 bits per heavy atom. The molecule has 0 spiro atoms. The number of aryl methyl sites for hydroxylation is 1. The number of nitrogens with zero attached hydrogens (tertiary/aromatic N) is 2. The summed E-state index contributed by atoms with van der Waals surface area (Å²) in [6.45, 7) is 6.79. The molecule has 2 aromatic heterocycles. The largest absolute Gasteiger partial charge is 0.330 e. The van der Waals surface area contributed by atoms with Crippen LogP contribution in [-0.4, -0.2) is 40.7 Å². The van der Waals surface area contributed by atoms with Crippen molar-refractivity contribution >= 4 is 34.5 Å². The third-order valence-corrected chi connectivity index (χ3v) is 7.55. The first-order valence-electron chi connectivity index (χ1n) is 10.2. The number of fused-ring (bicyclic) bond motifs is 1. The molecule has 3 aromatic rings. The zero-order valence-electron chi connectivity index (χ0n) is 17.5. The van der Waals surface area contributed by atoms with Crippen LogP contribution in [0, 0.1) is 6.92 Å². The van der Waals surface area contributed by atoms with Crippen LogP contribution in [0.2, 0.25) is 0 Å². The first-order valence-corrected chi connectivity index (χ1v) is 12.0. The molecule has 30 heavy (non-hydrogen) atoms. The summed E-state index contributed by atoms with van der Waals surface area (Å²) in [5.74, 6) is -0.0762. The molecule has 0 radical (unpaired) electrons. The predicted molar refractivity (Wildman–Crippen MR) is 123 cm³/mol. The minimum atomic E-state index is -0.0976. The summed E-state index contributed by atoms with van der Waals surface area (Å²) in [6.07, 6.45) is 0.863. The van der Waals surface area contributed by atoms with Crippen LogP contribution in [0.5, 0.6) is 0 Å². The number of benzene rings is 1. The van der Waals surface area contributed by atoms with E-state index in [0.29, 0.717) is 11.4 Å². The van der Waals surface area contributed by atoms with Crippen molar-refractivity contribution in [2.75, 3.05) is 13.1 Å². The lowest BCUT2D eigenvalue weighted by molar-refractivity contribution is -0.134. The first-order chi connectivity index (χ1) is 14.5. The molecule has 1 unspecified atom stereocenters. The molecule has 0 N–H and O–H groups in total. The molecule has 1 aliphatic rings. The van der Waals surface area contributed by atoms with Gasteiger partial charge in [0.1, 0.15) is 6.54 Å². The van der Waals surface area contributed by atoms with Gasteiger partial charge in [-0.25, -0.2) is 0 Å². The number of thiophene rings is 2. The molecule has 0 bridgehead atoms. The van der Waals surface area contributed by atoms with E-state index in [1.54, 1.807) is 16.2 Å². The third-order valence-electron chi connectivity index (χ3n) is 5.69. The highest BCUT2D eigenvalue weighted by Crippen LogP contribution is 2.39. The third kappa shape index (κ3) is 3.94. The van der Waals surface area contributed by atoms with Crippen LogP contribution in [0.4, 0.5) is 0 Å². The highest BCUT2D eigenvalue weighted by atomic mass is 32.1. The van der Waals surface area contributed by atoms with Gasteiger partial charge >= 0.3 is 0 Å². The van der Waals surface area contributed by atoms with Gasteiger partial charge in [-0.15, -0.1) is 22.7 Å². The smallest absolute Gasteiger partial charge is 0.264 e. The van der Waals surface area contributed by atoms with Crippen molar-refractivity contribution in [2.24, 2.45) is 0 Å². The van der Waals surface area contributed by atoms with Crippen LogP contribution in [0.3, 0.4) is 0 Å².